The number of unbranched alkanes of at least 4 members (excludes halogenated alkanes) is 1. The average Bonchev–Trinajstić information content (AvgIpc) is 2.89. The normalized spacial score (nSPS) is 12.3. The van der Waals surface area contributed by atoms with E-state index in [2.05, 4.69) is 5.32 Å². The molecule has 0 saturated heterocycles. The number of carboxylic acid groups (broad SMARTS) is 1. The van der Waals surface area contributed by atoms with E-state index in [1.807, 2.05) is 36.4 Å². The lowest BCUT2D eigenvalue weighted by Gasteiger charge is -2.22. The van der Waals surface area contributed by atoms with Gasteiger partial charge in [-0.25, -0.2) is 4.98 Å². The number of nitrogens with zero attached hydrogens (tertiary/aromatic N) is 1. The number of aliphatic carboxylic acids is 1. The molecule has 8 heteroatoms. The minimum Gasteiger partial charge on any atom is -0.481 e. The fourth-order valence-electron chi connectivity index (χ4n) is 4.20. The number of benzene rings is 3. The number of aromatic nitrogens is 1. The average molecular weight is 507 g/mol. The number of alkyl halides is 3. The Balaban J connectivity index is 1.66. The van der Waals surface area contributed by atoms with Gasteiger partial charge in [-0.3, -0.25) is 9.59 Å². The van der Waals surface area contributed by atoms with Gasteiger partial charge < -0.3 is 10.4 Å². The van der Waals surface area contributed by atoms with E-state index in [0.29, 0.717) is 30.2 Å². The van der Waals surface area contributed by atoms with Crippen LogP contribution >= 0.6 is 0 Å². The molecule has 1 atom stereocenters. The van der Waals surface area contributed by atoms with Crippen molar-refractivity contribution in [3.8, 4) is 11.3 Å². The Hall–Kier alpha value is -4.20. The lowest BCUT2D eigenvalue weighted by molar-refractivity contribution is -0.155. The lowest BCUT2D eigenvalue weighted by Crippen LogP contribution is -2.38. The van der Waals surface area contributed by atoms with E-state index in [4.69, 9.17) is 10.1 Å². The van der Waals surface area contributed by atoms with Gasteiger partial charge in [-0.15, -0.1) is 0 Å². The number of pyridine rings is 1. The highest BCUT2D eigenvalue weighted by atomic mass is 19.4. The molecule has 1 heterocycles. The Bertz CT molecular complexity index is 1390. The molecule has 37 heavy (non-hydrogen) atoms. The van der Waals surface area contributed by atoms with Crippen LogP contribution in [0.4, 0.5) is 13.2 Å². The zero-order chi connectivity index (χ0) is 26.4. The Morgan fingerprint density at radius 1 is 0.892 bits per heavy atom. The van der Waals surface area contributed by atoms with E-state index in [9.17, 15) is 22.8 Å². The van der Waals surface area contributed by atoms with Crippen molar-refractivity contribution in [1.82, 2.24) is 10.3 Å². The monoisotopic (exact) mass is 506 g/mol. The first-order valence-corrected chi connectivity index (χ1v) is 11.9. The minimum atomic E-state index is -4.66. The number of fused-ring (bicyclic) bond motifs is 1. The van der Waals surface area contributed by atoms with Crippen molar-refractivity contribution < 1.29 is 27.9 Å². The van der Waals surface area contributed by atoms with Crippen LogP contribution in [0.3, 0.4) is 0 Å². The summed E-state index contributed by atoms with van der Waals surface area (Å²) in [7, 11) is 0. The molecule has 0 aliphatic rings. The summed E-state index contributed by atoms with van der Waals surface area (Å²) in [5.74, 6) is -1.70. The molecule has 1 amide bonds. The fraction of sp³-hybridized carbons (Fsp3) is 0.207. The van der Waals surface area contributed by atoms with Crippen LogP contribution in [0.15, 0.2) is 84.9 Å². The second-order valence-electron chi connectivity index (χ2n) is 8.73. The number of hydrogen-bond donors (Lipinski definition) is 2. The molecule has 4 aromatic rings. The molecule has 3 aromatic carbocycles. The molecule has 0 spiro atoms. The smallest absolute Gasteiger partial charge is 0.412 e. The summed E-state index contributed by atoms with van der Waals surface area (Å²) < 4.78 is 41.2. The van der Waals surface area contributed by atoms with Crippen LogP contribution < -0.4 is 5.32 Å². The standard InChI is InChI=1S/C29H25F3N2O3/c30-29(31,32)27(20-11-5-2-6-12-20)34-28(37)22-15-16-24-23(18-22)17-21(13-7-8-14-25(35)36)26(33-24)19-9-3-1-4-10-19/h1-6,9-12,15-18,27H,7-8,13-14H2,(H,34,37)(H,35,36)/t27-/m1/s1. The molecule has 2 N–H and O–H groups in total. The van der Waals surface area contributed by atoms with Gasteiger partial charge in [0.1, 0.15) is 0 Å². The first-order valence-electron chi connectivity index (χ1n) is 11.9. The third-order valence-corrected chi connectivity index (χ3v) is 6.03. The first kappa shape index (κ1) is 25.9. The Morgan fingerprint density at radius 2 is 1.57 bits per heavy atom. The van der Waals surface area contributed by atoms with E-state index >= 15 is 0 Å². The lowest BCUT2D eigenvalue weighted by atomic mass is 9.98. The molecule has 0 radical (unpaired) electrons. The topological polar surface area (TPSA) is 79.3 Å². The molecular weight excluding hydrogens is 481 g/mol. The van der Waals surface area contributed by atoms with Crippen molar-refractivity contribution in [2.24, 2.45) is 0 Å². The summed E-state index contributed by atoms with van der Waals surface area (Å²) in [5.41, 5.74) is 3.15. The Kier molecular flexibility index (Phi) is 7.86. The zero-order valence-corrected chi connectivity index (χ0v) is 19.8. The van der Waals surface area contributed by atoms with Gasteiger partial charge in [-0.1, -0.05) is 60.7 Å². The van der Waals surface area contributed by atoms with Crippen LogP contribution in [-0.2, 0) is 11.2 Å². The van der Waals surface area contributed by atoms with Crippen LogP contribution in [0, 0.1) is 0 Å². The summed E-state index contributed by atoms with van der Waals surface area (Å²) >= 11 is 0. The second-order valence-corrected chi connectivity index (χ2v) is 8.73. The number of carboxylic acids is 1. The van der Waals surface area contributed by atoms with Gasteiger partial charge in [0.25, 0.3) is 5.91 Å². The molecular formula is C29H25F3N2O3. The van der Waals surface area contributed by atoms with E-state index in [1.54, 1.807) is 12.1 Å². The largest absolute Gasteiger partial charge is 0.481 e. The number of aryl methyl sites for hydroxylation is 1. The summed E-state index contributed by atoms with van der Waals surface area (Å²) in [6, 6.07) is 21.1. The molecule has 0 aliphatic heterocycles. The van der Waals surface area contributed by atoms with Crippen LogP contribution in [0.25, 0.3) is 22.2 Å². The minimum absolute atomic E-state index is 0.0537. The number of halogens is 3. The van der Waals surface area contributed by atoms with Crippen LogP contribution in [-0.4, -0.2) is 28.1 Å². The number of carbonyl (C=O) groups excluding carboxylic acids is 1. The SMILES string of the molecule is O=C(O)CCCCc1cc2cc(C(=O)N[C@H](c3ccccc3)C(F)(F)F)ccc2nc1-c1ccccc1. The first-order chi connectivity index (χ1) is 17.7. The van der Waals surface area contributed by atoms with Crippen molar-refractivity contribution >= 4 is 22.8 Å². The third-order valence-electron chi connectivity index (χ3n) is 6.03. The van der Waals surface area contributed by atoms with Crippen LogP contribution in [0.1, 0.15) is 46.8 Å². The van der Waals surface area contributed by atoms with E-state index in [0.717, 1.165) is 16.8 Å². The quantitative estimate of drug-likeness (QED) is 0.247. The summed E-state index contributed by atoms with van der Waals surface area (Å²) in [4.78, 5) is 28.5. The number of amides is 1. The molecule has 0 saturated carbocycles. The number of hydrogen-bond acceptors (Lipinski definition) is 3. The molecule has 0 unspecified atom stereocenters. The third kappa shape index (κ3) is 6.52. The van der Waals surface area contributed by atoms with Crippen LogP contribution in [0.2, 0.25) is 0 Å². The van der Waals surface area contributed by atoms with E-state index < -0.39 is 24.1 Å². The number of nitrogens with one attached hydrogen (secondary N) is 1. The van der Waals surface area contributed by atoms with Crippen molar-refractivity contribution in [1.29, 1.82) is 0 Å². The zero-order valence-electron chi connectivity index (χ0n) is 19.8. The summed E-state index contributed by atoms with van der Waals surface area (Å²) in [6.07, 6.45) is -2.90. The highest BCUT2D eigenvalue weighted by Crippen LogP contribution is 2.33. The predicted octanol–water partition coefficient (Wildman–Crippen LogP) is 6.73. The molecule has 0 bridgehead atoms. The molecule has 0 fully saturated rings. The van der Waals surface area contributed by atoms with Gasteiger partial charge in [0.05, 0.1) is 11.2 Å². The van der Waals surface area contributed by atoms with Gasteiger partial charge in [-0.2, -0.15) is 13.2 Å². The van der Waals surface area contributed by atoms with E-state index in [1.165, 1.54) is 36.4 Å². The van der Waals surface area contributed by atoms with Crippen molar-refractivity contribution in [3.05, 3.63) is 102 Å². The maximum atomic E-state index is 13.7. The molecule has 5 nitrogen and oxygen atoms in total. The second kappa shape index (κ2) is 11.2. The van der Waals surface area contributed by atoms with Gasteiger partial charge in [0.2, 0.25) is 0 Å². The molecule has 4 rings (SSSR count). The number of carbonyl (C=O) groups is 2. The van der Waals surface area contributed by atoms with Gasteiger partial charge in [0, 0.05) is 22.9 Å². The van der Waals surface area contributed by atoms with Crippen molar-refractivity contribution in [3.63, 3.8) is 0 Å². The number of rotatable bonds is 9. The molecule has 0 aliphatic carbocycles. The highest BCUT2D eigenvalue weighted by Gasteiger charge is 2.41. The van der Waals surface area contributed by atoms with Crippen LogP contribution in [0.5, 0.6) is 0 Å². The van der Waals surface area contributed by atoms with Gasteiger partial charge in [-0.05, 0) is 54.7 Å². The van der Waals surface area contributed by atoms with Gasteiger partial charge in [0.15, 0.2) is 6.04 Å². The predicted molar refractivity (Wildman–Crippen MR) is 135 cm³/mol. The van der Waals surface area contributed by atoms with Gasteiger partial charge >= 0.3 is 12.1 Å². The van der Waals surface area contributed by atoms with Crippen molar-refractivity contribution in [2.75, 3.05) is 0 Å². The van der Waals surface area contributed by atoms with Crippen molar-refractivity contribution in [2.45, 2.75) is 37.9 Å². The molecule has 1 aromatic heterocycles. The molecule has 190 valence electrons. The Labute approximate surface area is 212 Å². The Morgan fingerprint density at radius 3 is 2.22 bits per heavy atom. The summed E-state index contributed by atoms with van der Waals surface area (Å²) in [5, 5.41) is 11.7. The fourth-order valence-corrected chi connectivity index (χ4v) is 4.20. The highest BCUT2D eigenvalue weighted by molar-refractivity contribution is 5.98. The maximum Gasteiger partial charge on any atom is 0.412 e. The van der Waals surface area contributed by atoms with E-state index in [-0.39, 0.29) is 17.5 Å². The summed E-state index contributed by atoms with van der Waals surface area (Å²) in [6.45, 7) is 0. The maximum absolute atomic E-state index is 13.7.